The minimum Gasteiger partial charge on any atom is -0.335 e. The number of H-pyrrole nitrogens is 1. The number of aromatic amines is 1. The molecule has 5 aromatic rings. The summed E-state index contributed by atoms with van der Waals surface area (Å²) in [6.07, 6.45) is 0. The number of thioether (sulfide) groups is 1. The molecule has 0 aliphatic carbocycles. The van der Waals surface area contributed by atoms with Gasteiger partial charge >= 0.3 is 0 Å². The Morgan fingerprint density at radius 1 is 1.14 bits per heavy atom. The summed E-state index contributed by atoms with van der Waals surface area (Å²) in [5.74, 6) is 7.39. The van der Waals surface area contributed by atoms with Crippen molar-refractivity contribution in [1.29, 1.82) is 0 Å². The zero-order chi connectivity index (χ0) is 20.0. The second-order valence-corrected chi connectivity index (χ2v) is 10.2. The maximum absolute atomic E-state index is 12.8. The first-order chi connectivity index (χ1) is 14.1. The molecule has 29 heavy (non-hydrogen) atoms. The number of aromatic nitrogens is 5. The third kappa shape index (κ3) is 3.29. The van der Waals surface area contributed by atoms with Gasteiger partial charge in [0.2, 0.25) is 5.16 Å². The summed E-state index contributed by atoms with van der Waals surface area (Å²) in [5, 5.41) is 15.4. The Hall–Kier alpha value is -2.47. The van der Waals surface area contributed by atoms with Crippen molar-refractivity contribution < 1.29 is 0 Å². The third-order valence-electron chi connectivity index (χ3n) is 4.32. The van der Waals surface area contributed by atoms with Gasteiger partial charge in [-0.05, 0) is 29.8 Å². The summed E-state index contributed by atoms with van der Waals surface area (Å²) in [5.41, 5.74) is 0.804. The quantitative estimate of drug-likeness (QED) is 0.295. The Morgan fingerprint density at radius 2 is 1.90 bits per heavy atom. The lowest BCUT2D eigenvalue weighted by Crippen LogP contribution is -2.14. The predicted molar refractivity (Wildman–Crippen MR) is 121 cm³/mol. The molecule has 0 fully saturated rings. The molecule has 1 atom stereocenters. The minimum atomic E-state index is -0.151. The lowest BCUT2D eigenvalue weighted by atomic mass is 10.2. The number of hydrogen-bond acceptors (Lipinski definition) is 9. The van der Waals surface area contributed by atoms with Gasteiger partial charge in [-0.1, -0.05) is 23.9 Å². The van der Waals surface area contributed by atoms with Crippen molar-refractivity contribution >= 4 is 56.0 Å². The van der Waals surface area contributed by atoms with Crippen molar-refractivity contribution in [2.45, 2.75) is 17.3 Å². The molecular weight excluding hydrogens is 445 g/mol. The van der Waals surface area contributed by atoms with E-state index in [2.05, 4.69) is 15.2 Å². The Bertz CT molecular complexity index is 1330. The molecule has 5 aromatic heterocycles. The van der Waals surface area contributed by atoms with E-state index in [1.54, 1.807) is 22.7 Å². The SMILES string of the molecule is CC(Sc1nnc(-c2cccs2)n1N)c1nc2scc(-c3cccs3)c2c(=O)[nH]1. The van der Waals surface area contributed by atoms with Gasteiger partial charge in [-0.25, -0.2) is 9.66 Å². The molecule has 0 spiro atoms. The fourth-order valence-electron chi connectivity index (χ4n) is 2.92. The molecule has 146 valence electrons. The normalized spacial score (nSPS) is 12.6. The van der Waals surface area contributed by atoms with Crippen LogP contribution in [0.3, 0.4) is 0 Å². The fraction of sp³-hybridized carbons (Fsp3) is 0.111. The smallest absolute Gasteiger partial charge is 0.260 e. The third-order valence-corrected chi connectivity index (χ3v) is 8.03. The zero-order valence-corrected chi connectivity index (χ0v) is 18.3. The van der Waals surface area contributed by atoms with Gasteiger partial charge in [0.05, 0.1) is 15.5 Å². The van der Waals surface area contributed by atoms with Gasteiger partial charge in [-0.3, -0.25) is 4.79 Å². The lowest BCUT2D eigenvalue weighted by Gasteiger charge is -2.10. The van der Waals surface area contributed by atoms with Gasteiger partial charge in [0.1, 0.15) is 10.7 Å². The predicted octanol–water partition coefficient (Wildman–Crippen LogP) is 4.60. The molecule has 0 aliphatic heterocycles. The second kappa shape index (κ2) is 7.41. The maximum Gasteiger partial charge on any atom is 0.260 e. The Balaban J connectivity index is 1.46. The van der Waals surface area contributed by atoms with Crippen molar-refractivity contribution in [3.63, 3.8) is 0 Å². The van der Waals surface area contributed by atoms with Crippen molar-refractivity contribution in [2.24, 2.45) is 0 Å². The molecule has 11 heteroatoms. The van der Waals surface area contributed by atoms with Crippen LogP contribution >= 0.6 is 45.8 Å². The van der Waals surface area contributed by atoms with Gasteiger partial charge in [-0.2, -0.15) is 0 Å². The highest BCUT2D eigenvalue weighted by atomic mass is 32.2. The van der Waals surface area contributed by atoms with E-state index in [9.17, 15) is 4.79 Å². The largest absolute Gasteiger partial charge is 0.335 e. The molecule has 0 aromatic carbocycles. The van der Waals surface area contributed by atoms with Crippen LogP contribution in [0.4, 0.5) is 0 Å². The summed E-state index contributed by atoms with van der Waals surface area (Å²) in [6, 6.07) is 7.88. The van der Waals surface area contributed by atoms with Gasteiger partial charge in [-0.15, -0.1) is 44.2 Å². The lowest BCUT2D eigenvalue weighted by molar-refractivity contribution is 0.836. The first-order valence-corrected chi connectivity index (χ1v) is 12.1. The van der Waals surface area contributed by atoms with E-state index in [0.29, 0.717) is 22.2 Å². The van der Waals surface area contributed by atoms with Gasteiger partial charge in [0, 0.05) is 15.8 Å². The number of fused-ring (bicyclic) bond motifs is 1. The van der Waals surface area contributed by atoms with Crippen LogP contribution < -0.4 is 11.4 Å². The van der Waals surface area contributed by atoms with Gasteiger partial charge in [0.15, 0.2) is 5.82 Å². The van der Waals surface area contributed by atoms with E-state index in [1.165, 1.54) is 27.8 Å². The van der Waals surface area contributed by atoms with Crippen molar-refractivity contribution in [2.75, 3.05) is 5.84 Å². The molecule has 5 rings (SSSR count). The molecule has 0 saturated heterocycles. The summed E-state index contributed by atoms with van der Waals surface area (Å²) in [7, 11) is 0. The first kappa shape index (κ1) is 18.6. The van der Waals surface area contributed by atoms with Crippen molar-refractivity contribution in [1.82, 2.24) is 24.8 Å². The molecule has 1 unspecified atom stereocenters. The number of nitrogens with one attached hydrogen (secondary N) is 1. The highest BCUT2D eigenvalue weighted by Gasteiger charge is 2.20. The molecule has 0 bridgehead atoms. The number of rotatable bonds is 5. The average Bonchev–Trinajstić information content (AvgIpc) is 3.49. The summed E-state index contributed by atoms with van der Waals surface area (Å²) in [6.45, 7) is 1.96. The monoisotopic (exact) mass is 458 g/mol. The first-order valence-electron chi connectivity index (χ1n) is 8.58. The highest BCUT2D eigenvalue weighted by molar-refractivity contribution is 7.99. The molecule has 5 heterocycles. The molecule has 0 saturated carbocycles. The molecule has 0 aliphatic rings. The van der Waals surface area contributed by atoms with Crippen LogP contribution in [-0.2, 0) is 0 Å². The Kier molecular flexibility index (Phi) is 4.74. The van der Waals surface area contributed by atoms with Crippen LogP contribution in [0.15, 0.2) is 50.4 Å². The zero-order valence-electron chi connectivity index (χ0n) is 15.0. The fourth-order valence-corrected chi connectivity index (χ4v) is 6.22. The molecule has 0 radical (unpaired) electrons. The maximum atomic E-state index is 12.8. The number of thiophene rings is 3. The van der Waals surface area contributed by atoms with E-state index in [-0.39, 0.29) is 10.8 Å². The molecule has 3 N–H and O–H groups in total. The van der Waals surface area contributed by atoms with Crippen LogP contribution in [0.1, 0.15) is 18.0 Å². The van der Waals surface area contributed by atoms with E-state index >= 15 is 0 Å². The van der Waals surface area contributed by atoms with Gasteiger partial charge < -0.3 is 10.8 Å². The van der Waals surface area contributed by atoms with Crippen molar-refractivity contribution in [3.8, 4) is 21.1 Å². The summed E-state index contributed by atoms with van der Waals surface area (Å²) < 4.78 is 1.48. The van der Waals surface area contributed by atoms with Crippen LogP contribution in [0.5, 0.6) is 0 Å². The van der Waals surface area contributed by atoms with E-state index < -0.39 is 0 Å². The molecule has 7 nitrogen and oxygen atoms in total. The number of nitrogens with two attached hydrogens (primary N) is 1. The van der Waals surface area contributed by atoms with Crippen LogP contribution in [0, 0.1) is 0 Å². The number of nitrogen functional groups attached to an aromatic ring is 1. The van der Waals surface area contributed by atoms with Crippen LogP contribution in [-0.4, -0.2) is 24.8 Å². The van der Waals surface area contributed by atoms with E-state index in [4.69, 9.17) is 10.8 Å². The summed E-state index contributed by atoms with van der Waals surface area (Å²) >= 11 is 6.05. The molecule has 0 amide bonds. The number of nitrogens with zero attached hydrogens (tertiary/aromatic N) is 4. The highest BCUT2D eigenvalue weighted by Crippen LogP contribution is 2.36. The molecular formula is C18H14N6OS4. The van der Waals surface area contributed by atoms with Crippen LogP contribution in [0.2, 0.25) is 0 Å². The second-order valence-electron chi connectivity index (χ2n) is 6.17. The average molecular weight is 459 g/mol. The Morgan fingerprint density at radius 3 is 2.62 bits per heavy atom. The van der Waals surface area contributed by atoms with Crippen molar-refractivity contribution in [3.05, 3.63) is 56.6 Å². The number of hydrogen-bond donors (Lipinski definition) is 2. The minimum absolute atomic E-state index is 0.129. The summed E-state index contributed by atoms with van der Waals surface area (Å²) in [4.78, 5) is 23.2. The topological polar surface area (TPSA) is 102 Å². The van der Waals surface area contributed by atoms with E-state index in [0.717, 1.165) is 20.1 Å². The van der Waals surface area contributed by atoms with E-state index in [1.807, 2.05) is 47.3 Å². The van der Waals surface area contributed by atoms with Crippen LogP contribution in [0.25, 0.3) is 31.4 Å². The Labute approximate surface area is 181 Å². The van der Waals surface area contributed by atoms with Gasteiger partial charge in [0.25, 0.3) is 5.56 Å². The standard InChI is InChI=1S/C18H14N6OS4/c1-9(29-18-23-22-15(24(18)19)12-5-3-7-27-12)14-20-16(25)13-10(8-28-17(13)21-14)11-4-2-6-26-11/h2-9H,19H2,1H3,(H,20,21,25).